The summed E-state index contributed by atoms with van der Waals surface area (Å²) < 4.78 is 5.13. The van der Waals surface area contributed by atoms with Crippen LogP contribution in [0.4, 0.5) is 0 Å². The number of hydrogen-bond acceptors (Lipinski definition) is 3. The van der Waals surface area contributed by atoms with Gasteiger partial charge in [0, 0.05) is 16.3 Å². The molecule has 2 nitrogen and oxygen atoms in total. The normalized spacial score (nSPS) is 15.1. The number of nitrogens with two attached hydrogens (primary N) is 1. The van der Waals surface area contributed by atoms with E-state index in [4.69, 9.17) is 10.5 Å². The molecule has 0 aliphatic carbocycles. The fourth-order valence-corrected chi connectivity index (χ4v) is 2.22. The van der Waals surface area contributed by atoms with Crippen molar-refractivity contribution in [2.75, 3.05) is 7.11 Å². The summed E-state index contributed by atoms with van der Waals surface area (Å²) in [7, 11) is 1.69. The van der Waals surface area contributed by atoms with Crippen molar-refractivity contribution in [2.45, 2.75) is 32.7 Å². The SMILES string of the molecule is CCC(C)CC(N)c1cc(OC)cs1. The lowest BCUT2D eigenvalue weighted by Crippen LogP contribution is -2.12. The first-order valence-corrected chi connectivity index (χ1v) is 5.93. The second-order valence-corrected chi connectivity index (χ2v) is 4.69. The van der Waals surface area contributed by atoms with Gasteiger partial charge >= 0.3 is 0 Å². The molecular weight excluding hydrogens is 194 g/mol. The monoisotopic (exact) mass is 213 g/mol. The first-order valence-electron chi connectivity index (χ1n) is 5.05. The molecule has 3 heteroatoms. The molecule has 1 aromatic rings. The van der Waals surface area contributed by atoms with Gasteiger partial charge in [0.15, 0.2) is 0 Å². The van der Waals surface area contributed by atoms with Crippen molar-refractivity contribution in [3.63, 3.8) is 0 Å². The molecule has 0 radical (unpaired) electrons. The summed E-state index contributed by atoms with van der Waals surface area (Å²) in [5.41, 5.74) is 6.09. The van der Waals surface area contributed by atoms with Crippen LogP contribution in [0.1, 0.15) is 37.6 Å². The van der Waals surface area contributed by atoms with Crippen LogP contribution in [0.2, 0.25) is 0 Å². The molecule has 0 spiro atoms. The predicted molar refractivity (Wildman–Crippen MR) is 61.9 cm³/mol. The van der Waals surface area contributed by atoms with Crippen LogP contribution in [0.25, 0.3) is 0 Å². The summed E-state index contributed by atoms with van der Waals surface area (Å²) in [5.74, 6) is 1.61. The maximum absolute atomic E-state index is 6.09. The maximum atomic E-state index is 6.09. The molecular formula is C11H19NOS. The smallest absolute Gasteiger partial charge is 0.129 e. The van der Waals surface area contributed by atoms with E-state index in [2.05, 4.69) is 13.8 Å². The Morgan fingerprint density at radius 1 is 1.57 bits per heavy atom. The first-order chi connectivity index (χ1) is 6.67. The molecule has 2 atom stereocenters. The highest BCUT2D eigenvalue weighted by molar-refractivity contribution is 7.10. The highest BCUT2D eigenvalue weighted by atomic mass is 32.1. The van der Waals surface area contributed by atoms with E-state index in [0.29, 0.717) is 5.92 Å². The highest BCUT2D eigenvalue weighted by Crippen LogP contribution is 2.29. The Bertz CT molecular complexity index is 272. The van der Waals surface area contributed by atoms with E-state index < -0.39 is 0 Å². The molecule has 0 aromatic carbocycles. The van der Waals surface area contributed by atoms with Gasteiger partial charge in [-0.3, -0.25) is 0 Å². The Labute approximate surface area is 90.1 Å². The zero-order chi connectivity index (χ0) is 10.6. The number of rotatable bonds is 5. The molecule has 1 aromatic heterocycles. The minimum atomic E-state index is 0.166. The molecule has 0 saturated carbocycles. The molecule has 0 aliphatic heterocycles. The minimum Gasteiger partial charge on any atom is -0.496 e. The van der Waals surface area contributed by atoms with Crippen molar-refractivity contribution in [1.29, 1.82) is 0 Å². The number of methoxy groups -OCH3 is 1. The maximum Gasteiger partial charge on any atom is 0.129 e. The summed E-state index contributed by atoms with van der Waals surface area (Å²) in [6, 6.07) is 2.20. The third-order valence-electron chi connectivity index (χ3n) is 2.55. The average Bonchev–Trinajstić information content (AvgIpc) is 2.65. The second kappa shape index (κ2) is 5.37. The van der Waals surface area contributed by atoms with Crippen LogP contribution in [0.3, 0.4) is 0 Å². The molecule has 2 unspecified atom stereocenters. The molecule has 2 N–H and O–H groups in total. The zero-order valence-electron chi connectivity index (χ0n) is 9.12. The van der Waals surface area contributed by atoms with Gasteiger partial charge in [-0.15, -0.1) is 11.3 Å². The van der Waals surface area contributed by atoms with Crippen LogP contribution in [0, 0.1) is 5.92 Å². The van der Waals surface area contributed by atoms with Gasteiger partial charge in [-0.05, 0) is 18.4 Å². The summed E-state index contributed by atoms with van der Waals surface area (Å²) in [6.07, 6.45) is 2.25. The van der Waals surface area contributed by atoms with Gasteiger partial charge in [0.2, 0.25) is 0 Å². The van der Waals surface area contributed by atoms with E-state index in [1.165, 1.54) is 11.3 Å². The Morgan fingerprint density at radius 3 is 2.79 bits per heavy atom. The zero-order valence-corrected chi connectivity index (χ0v) is 9.93. The van der Waals surface area contributed by atoms with Gasteiger partial charge in [0.25, 0.3) is 0 Å². The Balaban J connectivity index is 2.55. The Morgan fingerprint density at radius 2 is 2.29 bits per heavy atom. The summed E-state index contributed by atoms with van der Waals surface area (Å²) in [6.45, 7) is 4.44. The fraction of sp³-hybridized carbons (Fsp3) is 0.636. The van der Waals surface area contributed by atoms with Crippen molar-refractivity contribution >= 4 is 11.3 Å². The quantitative estimate of drug-likeness (QED) is 0.815. The lowest BCUT2D eigenvalue weighted by Gasteiger charge is -2.13. The van der Waals surface area contributed by atoms with E-state index in [-0.39, 0.29) is 6.04 Å². The van der Waals surface area contributed by atoms with Crippen LogP contribution in [0.5, 0.6) is 5.75 Å². The topological polar surface area (TPSA) is 35.2 Å². The molecule has 0 fully saturated rings. The van der Waals surface area contributed by atoms with Gasteiger partial charge in [-0.25, -0.2) is 0 Å². The molecule has 1 rings (SSSR count). The first kappa shape index (κ1) is 11.5. The van der Waals surface area contributed by atoms with E-state index in [1.807, 2.05) is 11.4 Å². The minimum absolute atomic E-state index is 0.166. The van der Waals surface area contributed by atoms with Gasteiger partial charge in [-0.2, -0.15) is 0 Å². The lowest BCUT2D eigenvalue weighted by molar-refractivity contribution is 0.415. The largest absolute Gasteiger partial charge is 0.496 e. The van der Waals surface area contributed by atoms with Crippen LogP contribution < -0.4 is 10.5 Å². The standard InChI is InChI=1S/C11H19NOS/c1-4-8(2)5-10(12)11-6-9(13-3)7-14-11/h6-8,10H,4-5,12H2,1-3H3. The highest BCUT2D eigenvalue weighted by Gasteiger charge is 2.12. The second-order valence-electron chi connectivity index (χ2n) is 3.74. The summed E-state index contributed by atoms with van der Waals surface area (Å²) >= 11 is 1.68. The van der Waals surface area contributed by atoms with Gasteiger partial charge < -0.3 is 10.5 Å². The van der Waals surface area contributed by atoms with Crippen LogP contribution in [-0.4, -0.2) is 7.11 Å². The molecule has 14 heavy (non-hydrogen) atoms. The fourth-order valence-electron chi connectivity index (χ4n) is 1.35. The van der Waals surface area contributed by atoms with Crippen molar-refractivity contribution < 1.29 is 4.74 Å². The number of ether oxygens (including phenoxy) is 1. The third-order valence-corrected chi connectivity index (χ3v) is 3.59. The number of hydrogen-bond donors (Lipinski definition) is 1. The average molecular weight is 213 g/mol. The lowest BCUT2D eigenvalue weighted by atomic mass is 9.99. The van der Waals surface area contributed by atoms with Crippen molar-refractivity contribution in [2.24, 2.45) is 11.7 Å². The summed E-state index contributed by atoms with van der Waals surface area (Å²) in [4.78, 5) is 1.22. The van der Waals surface area contributed by atoms with Crippen molar-refractivity contribution in [3.05, 3.63) is 16.3 Å². The number of thiophene rings is 1. The van der Waals surface area contributed by atoms with Gasteiger partial charge in [0.1, 0.15) is 5.75 Å². The third kappa shape index (κ3) is 3.00. The molecule has 0 aliphatic rings. The van der Waals surface area contributed by atoms with E-state index in [1.54, 1.807) is 18.4 Å². The van der Waals surface area contributed by atoms with Gasteiger partial charge in [0.05, 0.1) is 7.11 Å². The molecule has 0 saturated heterocycles. The van der Waals surface area contributed by atoms with E-state index in [9.17, 15) is 0 Å². The van der Waals surface area contributed by atoms with E-state index in [0.717, 1.165) is 12.2 Å². The van der Waals surface area contributed by atoms with E-state index >= 15 is 0 Å². The summed E-state index contributed by atoms with van der Waals surface area (Å²) in [5, 5.41) is 2.01. The molecule has 80 valence electrons. The van der Waals surface area contributed by atoms with Crippen LogP contribution in [0.15, 0.2) is 11.4 Å². The van der Waals surface area contributed by atoms with Gasteiger partial charge in [-0.1, -0.05) is 20.3 Å². The molecule has 0 amide bonds. The Hall–Kier alpha value is -0.540. The van der Waals surface area contributed by atoms with Crippen LogP contribution >= 0.6 is 11.3 Å². The van der Waals surface area contributed by atoms with Crippen molar-refractivity contribution in [1.82, 2.24) is 0 Å². The Kier molecular flexibility index (Phi) is 4.42. The van der Waals surface area contributed by atoms with Crippen molar-refractivity contribution in [3.8, 4) is 5.75 Å². The van der Waals surface area contributed by atoms with Crippen LogP contribution in [-0.2, 0) is 0 Å². The molecule has 0 bridgehead atoms. The predicted octanol–water partition coefficient (Wildman–Crippen LogP) is 3.19. The molecule has 1 heterocycles.